The third kappa shape index (κ3) is 3.21. The van der Waals surface area contributed by atoms with Crippen molar-refractivity contribution in [2.75, 3.05) is 32.1 Å². The second-order valence-electron chi connectivity index (χ2n) is 5.67. The van der Waals surface area contributed by atoms with Crippen LogP contribution in [0.15, 0.2) is 6.07 Å². The summed E-state index contributed by atoms with van der Waals surface area (Å²) in [6, 6.07) is 2.74. The van der Waals surface area contributed by atoms with Gasteiger partial charge in [-0.15, -0.1) is 11.6 Å². The molecule has 1 aliphatic rings. The molecule has 1 aromatic rings. The van der Waals surface area contributed by atoms with E-state index in [9.17, 15) is 0 Å². The molecule has 0 amide bonds. The van der Waals surface area contributed by atoms with Gasteiger partial charge in [-0.2, -0.15) is 0 Å². The van der Waals surface area contributed by atoms with Crippen LogP contribution in [0.4, 0.5) is 5.82 Å². The van der Waals surface area contributed by atoms with Crippen LogP contribution in [0.3, 0.4) is 0 Å². The maximum atomic E-state index is 6.10. The number of likely N-dealkylation sites (tertiary alicyclic amines) is 1. The number of hydrogen-bond acceptors (Lipinski definition) is 3. The van der Waals surface area contributed by atoms with E-state index in [1.165, 1.54) is 24.9 Å². The number of aromatic nitrogens is 1. The number of hydrogen-bond donors (Lipinski definition) is 0. The van der Waals surface area contributed by atoms with Crippen LogP contribution in [-0.2, 0) is 5.88 Å². The predicted molar refractivity (Wildman–Crippen MR) is 82.2 cm³/mol. The molecule has 0 aliphatic carbocycles. The SMILES string of the molecule is Cc1cc(C)c(CCl)c(N(C)CC2CCCN2C)n1. The zero-order chi connectivity index (χ0) is 14.0. The molecule has 1 saturated heterocycles. The first-order chi connectivity index (χ1) is 9.02. The van der Waals surface area contributed by atoms with Crippen molar-refractivity contribution in [1.82, 2.24) is 9.88 Å². The highest BCUT2D eigenvalue weighted by Gasteiger charge is 2.23. The molecule has 0 N–H and O–H groups in total. The topological polar surface area (TPSA) is 19.4 Å². The predicted octanol–water partition coefficient (Wildman–Crippen LogP) is 2.97. The molecule has 1 atom stereocenters. The summed E-state index contributed by atoms with van der Waals surface area (Å²) in [5.41, 5.74) is 3.47. The second kappa shape index (κ2) is 6.10. The summed E-state index contributed by atoms with van der Waals surface area (Å²) in [6.45, 7) is 6.40. The average Bonchev–Trinajstić information content (AvgIpc) is 2.74. The van der Waals surface area contributed by atoms with Crippen molar-refractivity contribution in [3.05, 3.63) is 22.9 Å². The van der Waals surface area contributed by atoms with Crippen LogP contribution in [0.25, 0.3) is 0 Å². The minimum atomic E-state index is 0.527. The third-order valence-corrected chi connectivity index (χ3v) is 4.37. The number of rotatable bonds is 4. The summed E-state index contributed by atoms with van der Waals surface area (Å²) in [7, 11) is 4.34. The summed E-state index contributed by atoms with van der Waals surface area (Å²) < 4.78 is 0. The van der Waals surface area contributed by atoms with E-state index in [0.717, 1.165) is 23.6 Å². The Morgan fingerprint density at radius 2 is 2.21 bits per heavy atom. The van der Waals surface area contributed by atoms with Gasteiger partial charge in [-0.3, -0.25) is 0 Å². The molecule has 0 saturated carbocycles. The zero-order valence-corrected chi connectivity index (χ0v) is 13.2. The number of nitrogens with zero attached hydrogens (tertiary/aromatic N) is 3. The van der Waals surface area contributed by atoms with Crippen molar-refractivity contribution >= 4 is 17.4 Å². The van der Waals surface area contributed by atoms with Crippen molar-refractivity contribution in [2.45, 2.75) is 38.6 Å². The van der Waals surface area contributed by atoms with E-state index in [1.807, 2.05) is 6.92 Å². The van der Waals surface area contributed by atoms with Crippen LogP contribution in [0, 0.1) is 13.8 Å². The lowest BCUT2D eigenvalue weighted by atomic mass is 10.1. The Morgan fingerprint density at radius 3 is 2.79 bits per heavy atom. The van der Waals surface area contributed by atoms with Gasteiger partial charge < -0.3 is 9.80 Å². The van der Waals surface area contributed by atoms with Crippen LogP contribution in [0.1, 0.15) is 29.7 Å². The van der Waals surface area contributed by atoms with Gasteiger partial charge in [0.25, 0.3) is 0 Å². The molecule has 3 nitrogen and oxygen atoms in total. The zero-order valence-electron chi connectivity index (χ0n) is 12.4. The van der Waals surface area contributed by atoms with Gasteiger partial charge >= 0.3 is 0 Å². The van der Waals surface area contributed by atoms with Crippen molar-refractivity contribution in [2.24, 2.45) is 0 Å². The largest absolute Gasteiger partial charge is 0.358 e. The Kier molecular flexibility index (Phi) is 4.69. The molecule has 1 aromatic heterocycles. The normalized spacial score (nSPS) is 19.9. The molecule has 4 heteroatoms. The standard InChI is InChI=1S/C15H24ClN3/c1-11-8-12(2)17-15(14(11)9-16)19(4)10-13-6-5-7-18(13)3/h8,13H,5-7,9-10H2,1-4H3. The highest BCUT2D eigenvalue weighted by molar-refractivity contribution is 6.17. The minimum Gasteiger partial charge on any atom is -0.358 e. The van der Waals surface area contributed by atoms with E-state index in [0.29, 0.717) is 11.9 Å². The van der Waals surface area contributed by atoms with E-state index in [-0.39, 0.29) is 0 Å². The number of pyridine rings is 1. The first-order valence-corrected chi connectivity index (χ1v) is 7.51. The van der Waals surface area contributed by atoms with Crippen molar-refractivity contribution in [3.8, 4) is 0 Å². The van der Waals surface area contributed by atoms with Crippen molar-refractivity contribution in [1.29, 1.82) is 0 Å². The van der Waals surface area contributed by atoms with Gasteiger partial charge in [-0.25, -0.2) is 4.98 Å². The minimum absolute atomic E-state index is 0.527. The number of halogens is 1. The maximum absolute atomic E-state index is 6.10. The molecule has 0 radical (unpaired) electrons. The first kappa shape index (κ1) is 14.6. The maximum Gasteiger partial charge on any atom is 0.133 e. The molecule has 106 valence electrons. The lowest BCUT2D eigenvalue weighted by Gasteiger charge is -2.28. The number of aryl methyl sites for hydroxylation is 2. The molecular weight excluding hydrogens is 258 g/mol. The fourth-order valence-electron chi connectivity index (χ4n) is 2.94. The van der Waals surface area contributed by atoms with Gasteiger partial charge in [0.1, 0.15) is 5.82 Å². The summed E-state index contributed by atoms with van der Waals surface area (Å²) in [6.07, 6.45) is 2.58. The van der Waals surface area contributed by atoms with E-state index < -0.39 is 0 Å². The Morgan fingerprint density at radius 1 is 1.47 bits per heavy atom. The third-order valence-electron chi connectivity index (χ3n) is 4.10. The lowest BCUT2D eigenvalue weighted by molar-refractivity contribution is 0.314. The van der Waals surface area contributed by atoms with E-state index in [2.05, 4.69) is 36.9 Å². The van der Waals surface area contributed by atoms with Crippen LogP contribution in [0.5, 0.6) is 0 Å². The van der Waals surface area contributed by atoms with Gasteiger partial charge in [-0.1, -0.05) is 0 Å². The molecular formula is C15H24ClN3. The number of alkyl halides is 1. The van der Waals surface area contributed by atoms with Gasteiger partial charge in [0.15, 0.2) is 0 Å². The summed E-state index contributed by atoms with van der Waals surface area (Å²) >= 11 is 6.10. The Hall–Kier alpha value is -0.800. The molecule has 1 unspecified atom stereocenters. The van der Waals surface area contributed by atoms with E-state index in [1.54, 1.807) is 0 Å². The van der Waals surface area contributed by atoms with Crippen molar-refractivity contribution in [3.63, 3.8) is 0 Å². The first-order valence-electron chi connectivity index (χ1n) is 6.97. The van der Waals surface area contributed by atoms with Crippen LogP contribution < -0.4 is 4.90 Å². The Balaban J connectivity index is 2.20. The van der Waals surface area contributed by atoms with Crippen LogP contribution in [0.2, 0.25) is 0 Å². The molecule has 1 fully saturated rings. The average molecular weight is 282 g/mol. The molecule has 1 aliphatic heterocycles. The van der Waals surface area contributed by atoms with Gasteiger partial charge in [-0.05, 0) is 51.9 Å². The van der Waals surface area contributed by atoms with Crippen LogP contribution in [-0.4, -0.2) is 43.1 Å². The van der Waals surface area contributed by atoms with Gasteiger partial charge in [0.05, 0.1) is 5.88 Å². The molecule has 2 rings (SSSR count). The summed E-state index contributed by atoms with van der Waals surface area (Å²) in [5.74, 6) is 1.58. The molecule has 0 aromatic carbocycles. The molecule has 2 heterocycles. The van der Waals surface area contributed by atoms with Crippen molar-refractivity contribution < 1.29 is 0 Å². The van der Waals surface area contributed by atoms with E-state index >= 15 is 0 Å². The summed E-state index contributed by atoms with van der Waals surface area (Å²) in [5, 5.41) is 0. The quantitative estimate of drug-likeness (QED) is 0.791. The molecule has 0 spiro atoms. The van der Waals surface area contributed by atoms with Gasteiger partial charge in [0, 0.05) is 30.9 Å². The fourth-order valence-corrected chi connectivity index (χ4v) is 3.27. The Labute approximate surface area is 121 Å². The number of anilines is 1. The molecule has 0 bridgehead atoms. The molecule has 19 heavy (non-hydrogen) atoms. The Bertz CT molecular complexity index is 447. The highest BCUT2D eigenvalue weighted by Crippen LogP contribution is 2.25. The highest BCUT2D eigenvalue weighted by atomic mass is 35.5. The smallest absolute Gasteiger partial charge is 0.133 e. The number of likely N-dealkylation sites (N-methyl/N-ethyl adjacent to an activating group) is 2. The van der Waals surface area contributed by atoms with Crippen LogP contribution >= 0.6 is 11.6 Å². The monoisotopic (exact) mass is 281 g/mol. The second-order valence-corrected chi connectivity index (χ2v) is 5.94. The fraction of sp³-hybridized carbons (Fsp3) is 0.667. The van der Waals surface area contributed by atoms with E-state index in [4.69, 9.17) is 16.6 Å². The summed E-state index contributed by atoms with van der Waals surface area (Å²) in [4.78, 5) is 9.41. The lowest BCUT2D eigenvalue weighted by Crippen LogP contribution is -2.37. The van der Waals surface area contributed by atoms with Gasteiger partial charge in [0.2, 0.25) is 0 Å².